The second-order valence-corrected chi connectivity index (χ2v) is 5.14. The van der Waals surface area contributed by atoms with Crippen LogP contribution in [0.2, 0.25) is 5.02 Å². The van der Waals surface area contributed by atoms with Crippen molar-refractivity contribution in [2.24, 2.45) is 0 Å². The van der Waals surface area contributed by atoms with Gasteiger partial charge in [-0.25, -0.2) is 0 Å². The lowest BCUT2D eigenvalue weighted by molar-refractivity contribution is 0.0680. The van der Waals surface area contributed by atoms with E-state index in [9.17, 15) is 4.79 Å². The Hall–Kier alpha value is -0.290. The van der Waals surface area contributed by atoms with Crippen LogP contribution in [-0.4, -0.2) is 37.0 Å². The molecule has 6 heteroatoms. The maximum absolute atomic E-state index is 12.1. The van der Waals surface area contributed by atoms with Gasteiger partial charge in [0.25, 0.3) is 5.91 Å². The standard InChI is InChI=1S/C11H12BrClN2O.ClH/c1-15(8-5-14-6-8)11(16)9-3-2-7(13)4-10(9)12;/h2-4,8,14H,5-6H2,1H3;1H. The van der Waals surface area contributed by atoms with Gasteiger partial charge < -0.3 is 10.2 Å². The van der Waals surface area contributed by atoms with Gasteiger partial charge in [0.15, 0.2) is 0 Å². The summed E-state index contributed by atoms with van der Waals surface area (Å²) in [6.45, 7) is 1.74. The molecule has 0 aromatic heterocycles. The van der Waals surface area contributed by atoms with Gasteiger partial charge in [0.05, 0.1) is 11.6 Å². The van der Waals surface area contributed by atoms with Crippen LogP contribution in [0.15, 0.2) is 22.7 Å². The van der Waals surface area contributed by atoms with Gasteiger partial charge in [0.1, 0.15) is 0 Å². The molecule has 1 fully saturated rings. The van der Waals surface area contributed by atoms with Crippen LogP contribution in [0.25, 0.3) is 0 Å². The lowest BCUT2D eigenvalue weighted by Crippen LogP contribution is -2.57. The molecule has 0 saturated carbocycles. The van der Waals surface area contributed by atoms with E-state index in [0.717, 1.165) is 17.6 Å². The van der Waals surface area contributed by atoms with Crippen LogP contribution < -0.4 is 5.32 Å². The molecule has 1 heterocycles. The third kappa shape index (κ3) is 3.13. The summed E-state index contributed by atoms with van der Waals surface area (Å²) in [6, 6.07) is 5.51. The van der Waals surface area contributed by atoms with Gasteiger partial charge in [-0.1, -0.05) is 11.6 Å². The molecule has 1 amide bonds. The summed E-state index contributed by atoms with van der Waals surface area (Å²) in [5.74, 6) is 0.0232. The third-order valence-electron chi connectivity index (χ3n) is 2.79. The zero-order valence-electron chi connectivity index (χ0n) is 9.24. The number of carbonyl (C=O) groups is 1. The Labute approximate surface area is 120 Å². The number of carbonyl (C=O) groups excluding carboxylic acids is 1. The van der Waals surface area contributed by atoms with E-state index in [0.29, 0.717) is 16.6 Å². The Balaban J connectivity index is 0.00000144. The predicted molar refractivity (Wildman–Crippen MR) is 75.2 cm³/mol. The predicted octanol–water partition coefficient (Wildman–Crippen LogP) is 2.57. The molecule has 0 unspecified atom stereocenters. The van der Waals surface area contributed by atoms with Gasteiger partial charge in [-0.15, -0.1) is 12.4 Å². The number of benzene rings is 1. The maximum atomic E-state index is 12.1. The van der Waals surface area contributed by atoms with Gasteiger partial charge in [-0.05, 0) is 34.1 Å². The minimum atomic E-state index is 0. The van der Waals surface area contributed by atoms with Crippen LogP contribution >= 0.6 is 39.9 Å². The van der Waals surface area contributed by atoms with E-state index in [2.05, 4.69) is 21.2 Å². The molecule has 1 N–H and O–H groups in total. The molecule has 1 aromatic carbocycles. The topological polar surface area (TPSA) is 32.3 Å². The molecule has 1 saturated heterocycles. The van der Waals surface area contributed by atoms with Crippen molar-refractivity contribution in [3.05, 3.63) is 33.3 Å². The summed E-state index contributed by atoms with van der Waals surface area (Å²) in [5, 5.41) is 3.77. The van der Waals surface area contributed by atoms with Crippen molar-refractivity contribution in [2.45, 2.75) is 6.04 Å². The molecule has 0 aliphatic carbocycles. The van der Waals surface area contributed by atoms with Crippen LogP contribution in [-0.2, 0) is 0 Å². The zero-order valence-corrected chi connectivity index (χ0v) is 12.4. The highest BCUT2D eigenvalue weighted by atomic mass is 79.9. The summed E-state index contributed by atoms with van der Waals surface area (Å²) in [7, 11) is 1.83. The SMILES string of the molecule is CN(C(=O)c1ccc(Cl)cc1Br)C1CNC1.Cl. The number of halogens is 3. The molecule has 1 aliphatic rings. The second-order valence-electron chi connectivity index (χ2n) is 3.85. The summed E-state index contributed by atoms with van der Waals surface area (Å²) < 4.78 is 0.740. The number of nitrogens with zero attached hydrogens (tertiary/aromatic N) is 1. The summed E-state index contributed by atoms with van der Waals surface area (Å²) >= 11 is 9.19. The number of amides is 1. The number of likely N-dealkylation sites (N-methyl/N-ethyl adjacent to an activating group) is 1. The van der Waals surface area contributed by atoms with E-state index >= 15 is 0 Å². The number of rotatable bonds is 2. The smallest absolute Gasteiger partial charge is 0.255 e. The van der Waals surface area contributed by atoms with Crippen molar-refractivity contribution < 1.29 is 4.79 Å². The Morgan fingerprint density at radius 2 is 2.18 bits per heavy atom. The largest absolute Gasteiger partial charge is 0.336 e. The fourth-order valence-corrected chi connectivity index (χ4v) is 2.42. The molecule has 17 heavy (non-hydrogen) atoms. The second kappa shape index (κ2) is 6.05. The van der Waals surface area contributed by atoms with Crippen LogP contribution in [0.5, 0.6) is 0 Å². The molecular formula is C11H13BrCl2N2O. The van der Waals surface area contributed by atoms with Crippen LogP contribution in [0.4, 0.5) is 0 Å². The minimum Gasteiger partial charge on any atom is -0.336 e. The van der Waals surface area contributed by atoms with Crippen molar-refractivity contribution in [3.8, 4) is 0 Å². The number of nitrogens with one attached hydrogen (secondary N) is 1. The summed E-state index contributed by atoms with van der Waals surface area (Å²) in [4.78, 5) is 13.9. The molecule has 0 spiro atoms. The third-order valence-corrected chi connectivity index (χ3v) is 3.68. The van der Waals surface area contributed by atoms with Crippen molar-refractivity contribution in [1.82, 2.24) is 10.2 Å². The maximum Gasteiger partial charge on any atom is 0.255 e. The summed E-state index contributed by atoms with van der Waals surface area (Å²) in [6.07, 6.45) is 0. The van der Waals surface area contributed by atoms with Crippen molar-refractivity contribution in [2.75, 3.05) is 20.1 Å². The zero-order chi connectivity index (χ0) is 11.7. The normalized spacial score (nSPS) is 14.8. The first kappa shape index (κ1) is 14.8. The highest BCUT2D eigenvalue weighted by Gasteiger charge is 2.26. The molecule has 94 valence electrons. The Morgan fingerprint density at radius 1 is 1.53 bits per heavy atom. The molecule has 2 rings (SSSR count). The van der Waals surface area contributed by atoms with Gasteiger partial charge in [0, 0.05) is 29.6 Å². The van der Waals surface area contributed by atoms with Crippen LogP contribution in [0.1, 0.15) is 10.4 Å². The Bertz CT molecular complexity index is 424. The molecule has 3 nitrogen and oxygen atoms in total. The first-order chi connectivity index (χ1) is 7.59. The van der Waals surface area contributed by atoms with E-state index in [-0.39, 0.29) is 18.3 Å². The molecule has 0 bridgehead atoms. The molecule has 0 atom stereocenters. The van der Waals surface area contributed by atoms with E-state index in [1.54, 1.807) is 23.1 Å². The molecule has 1 aliphatic heterocycles. The highest BCUT2D eigenvalue weighted by molar-refractivity contribution is 9.10. The minimum absolute atomic E-state index is 0. The van der Waals surface area contributed by atoms with Crippen molar-refractivity contribution in [3.63, 3.8) is 0 Å². The average molecular weight is 340 g/mol. The summed E-state index contributed by atoms with van der Waals surface area (Å²) in [5.41, 5.74) is 0.652. The van der Waals surface area contributed by atoms with E-state index in [1.165, 1.54) is 0 Å². The van der Waals surface area contributed by atoms with Gasteiger partial charge in [0.2, 0.25) is 0 Å². The van der Waals surface area contributed by atoms with Gasteiger partial charge in [-0.3, -0.25) is 4.79 Å². The lowest BCUT2D eigenvalue weighted by Gasteiger charge is -2.35. The van der Waals surface area contributed by atoms with E-state index in [1.807, 2.05) is 7.05 Å². The quantitative estimate of drug-likeness (QED) is 0.898. The van der Waals surface area contributed by atoms with Crippen LogP contribution in [0.3, 0.4) is 0 Å². The van der Waals surface area contributed by atoms with E-state index in [4.69, 9.17) is 11.6 Å². The monoisotopic (exact) mass is 338 g/mol. The Morgan fingerprint density at radius 3 is 2.65 bits per heavy atom. The fraction of sp³-hybridized carbons (Fsp3) is 0.364. The molecular weight excluding hydrogens is 327 g/mol. The van der Waals surface area contributed by atoms with Gasteiger partial charge in [-0.2, -0.15) is 0 Å². The first-order valence-electron chi connectivity index (χ1n) is 5.02. The lowest BCUT2D eigenvalue weighted by atomic mass is 10.1. The van der Waals surface area contributed by atoms with E-state index < -0.39 is 0 Å². The Kier molecular flexibility index (Phi) is 5.25. The fourth-order valence-electron chi connectivity index (χ4n) is 1.57. The number of hydrogen-bond donors (Lipinski definition) is 1. The number of hydrogen-bond acceptors (Lipinski definition) is 2. The van der Waals surface area contributed by atoms with Gasteiger partial charge >= 0.3 is 0 Å². The first-order valence-corrected chi connectivity index (χ1v) is 6.19. The molecule has 1 aromatic rings. The van der Waals surface area contributed by atoms with Crippen LogP contribution in [0, 0.1) is 0 Å². The average Bonchev–Trinajstić information content (AvgIpc) is 2.14. The molecule has 0 radical (unpaired) electrons. The van der Waals surface area contributed by atoms with Crippen molar-refractivity contribution >= 4 is 45.8 Å². The van der Waals surface area contributed by atoms with Crippen molar-refractivity contribution in [1.29, 1.82) is 0 Å². The highest BCUT2D eigenvalue weighted by Crippen LogP contribution is 2.23.